The molecule has 4 bridgehead atoms. The van der Waals surface area contributed by atoms with Crippen LogP contribution in [-0.2, 0) is 14.3 Å². The fourth-order valence-electron chi connectivity index (χ4n) is 8.14. The van der Waals surface area contributed by atoms with Crippen LogP contribution in [0.5, 0.6) is 0 Å². The molecule has 6 rings (SSSR count). The van der Waals surface area contributed by atoms with Gasteiger partial charge in [-0.1, -0.05) is 0 Å². The molecule has 0 aromatic rings. The van der Waals surface area contributed by atoms with Crippen LogP contribution in [0.25, 0.3) is 0 Å². The molecular weight excluding hydrogens is 436 g/mol. The second-order valence-electron chi connectivity index (χ2n) is 11.9. The monoisotopic (exact) mass is 474 g/mol. The number of fused-ring (bicyclic) bond motifs is 1. The molecule has 0 spiro atoms. The van der Waals surface area contributed by atoms with Crippen LogP contribution in [0.4, 0.5) is 0 Å². The van der Waals surface area contributed by atoms with Crippen molar-refractivity contribution in [3.8, 4) is 6.07 Å². The van der Waals surface area contributed by atoms with Gasteiger partial charge in [0.2, 0.25) is 5.91 Å². The van der Waals surface area contributed by atoms with E-state index >= 15 is 0 Å². The zero-order valence-electron chi connectivity index (χ0n) is 20.2. The maximum atomic E-state index is 13.6. The highest BCUT2D eigenvalue weighted by Crippen LogP contribution is 2.64. The number of rotatable bonds is 8. The van der Waals surface area contributed by atoms with Gasteiger partial charge in [-0.05, 0) is 107 Å². The molecule has 6 aliphatic rings. The van der Waals surface area contributed by atoms with Crippen molar-refractivity contribution >= 4 is 23.6 Å². The summed E-state index contributed by atoms with van der Waals surface area (Å²) >= 11 is 1.74. The lowest BCUT2D eigenvalue weighted by molar-refractivity contribution is -0.209. The van der Waals surface area contributed by atoms with Gasteiger partial charge in [-0.25, -0.2) is 0 Å². The van der Waals surface area contributed by atoms with Gasteiger partial charge in [-0.3, -0.25) is 14.5 Å². The second kappa shape index (κ2) is 8.42. The third-order valence-electron chi connectivity index (χ3n) is 9.29. The van der Waals surface area contributed by atoms with E-state index in [2.05, 4.69) is 12.3 Å². The van der Waals surface area contributed by atoms with Crippen molar-refractivity contribution in [3.05, 3.63) is 0 Å². The van der Waals surface area contributed by atoms with E-state index in [9.17, 15) is 14.9 Å². The minimum atomic E-state index is -0.613. The maximum absolute atomic E-state index is 13.6. The lowest BCUT2D eigenvalue weighted by Gasteiger charge is -2.62. The van der Waals surface area contributed by atoms with Gasteiger partial charge in [-0.15, -0.1) is 0 Å². The molecule has 7 atom stereocenters. The van der Waals surface area contributed by atoms with Crippen LogP contribution < -0.4 is 5.73 Å². The third-order valence-corrected chi connectivity index (χ3v) is 9.94. The summed E-state index contributed by atoms with van der Waals surface area (Å²) in [6.45, 7) is 0. The van der Waals surface area contributed by atoms with Gasteiger partial charge >= 0.3 is 5.97 Å². The Morgan fingerprint density at radius 3 is 2.52 bits per heavy atom. The van der Waals surface area contributed by atoms with Crippen molar-refractivity contribution < 1.29 is 14.3 Å². The van der Waals surface area contributed by atoms with Gasteiger partial charge in [0.15, 0.2) is 0 Å². The molecule has 2 unspecified atom stereocenters. The highest BCUT2D eigenvalue weighted by atomic mass is 32.2. The van der Waals surface area contributed by atoms with E-state index in [1.54, 1.807) is 11.8 Å². The Morgan fingerprint density at radius 1 is 1.21 bits per heavy atom. The molecular formula is C25H38N4O3S. The highest BCUT2D eigenvalue weighted by Gasteiger charge is 2.64. The topological polar surface area (TPSA) is 99.7 Å². The Labute approximate surface area is 201 Å². The number of nitriles is 1. The Balaban J connectivity index is 1.35. The average molecular weight is 475 g/mol. The second-order valence-corrected chi connectivity index (χ2v) is 12.8. The smallest absolute Gasteiger partial charge is 0.323 e. The van der Waals surface area contributed by atoms with Crippen LogP contribution in [0.3, 0.4) is 0 Å². The van der Waals surface area contributed by atoms with Crippen molar-refractivity contribution in [1.82, 2.24) is 9.80 Å². The predicted molar refractivity (Wildman–Crippen MR) is 127 cm³/mol. The number of esters is 1. The predicted octanol–water partition coefficient (Wildman–Crippen LogP) is 2.39. The molecule has 2 N–H and O–H groups in total. The Bertz CT molecular complexity index is 843. The van der Waals surface area contributed by atoms with Crippen LogP contribution >= 0.6 is 11.8 Å². The highest BCUT2D eigenvalue weighted by molar-refractivity contribution is 7.98. The quantitative estimate of drug-likeness (QED) is 0.539. The summed E-state index contributed by atoms with van der Waals surface area (Å²) in [6.07, 6.45) is 10.2. The third kappa shape index (κ3) is 3.98. The first kappa shape index (κ1) is 23.4. The molecule has 33 heavy (non-hydrogen) atoms. The standard InChI is InChI=1S/C25H38N4O3S/c1-28(2)19(4-5-33-3)23(31)32-25-11-15-6-16(12-25)10-24(9-15,14-25)21(27)22(30)29-18(13-26)7-17-8-20(17)29/h15-21H,4-12,14,27H2,1-3H3/t15?,16?,17-,18+,19+,20+,21-,24?,25?/m1/s1. The van der Waals surface area contributed by atoms with Crippen molar-refractivity contribution in [1.29, 1.82) is 5.26 Å². The fraction of sp³-hybridized carbons (Fsp3) is 0.880. The summed E-state index contributed by atoms with van der Waals surface area (Å²) in [7, 11) is 3.88. The van der Waals surface area contributed by atoms with E-state index in [4.69, 9.17) is 10.5 Å². The van der Waals surface area contributed by atoms with E-state index < -0.39 is 11.6 Å². The van der Waals surface area contributed by atoms with E-state index in [1.165, 1.54) is 0 Å². The van der Waals surface area contributed by atoms with Crippen molar-refractivity contribution in [2.45, 2.75) is 87.6 Å². The minimum Gasteiger partial charge on any atom is -0.458 e. The number of carbonyl (C=O) groups excluding carboxylic acids is 2. The zero-order chi connectivity index (χ0) is 23.5. The number of thioether (sulfide) groups is 1. The first-order chi connectivity index (χ1) is 15.7. The fourth-order valence-corrected chi connectivity index (χ4v) is 8.60. The summed E-state index contributed by atoms with van der Waals surface area (Å²) < 4.78 is 6.40. The van der Waals surface area contributed by atoms with E-state index in [0.717, 1.165) is 57.1 Å². The Kier molecular flexibility index (Phi) is 5.98. The molecule has 7 nitrogen and oxygen atoms in total. The summed E-state index contributed by atoms with van der Waals surface area (Å²) in [5.41, 5.74) is 6.00. The van der Waals surface area contributed by atoms with Crippen LogP contribution in [0.2, 0.25) is 0 Å². The molecule has 5 aliphatic carbocycles. The number of piperidine rings is 1. The van der Waals surface area contributed by atoms with Crippen LogP contribution in [0, 0.1) is 34.5 Å². The molecule has 1 saturated heterocycles. The lowest BCUT2D eigenvalue weighted by atomic mass is 9.46. The Morgan fingerprint density at radius 2 is 1.91 bits per heavy atom. The molecule has 1 amide bonds. The molecule has 5 saturated carbocycles. The molecule has 0 radical (unpaired) electrons. The normalized spacial score (nSPS) is 42.1. The summed E-state index contributed by atoms with van der Waals surface area (Å²) in [5, 5.41) is 9.59. The van der Waals surface area contributed by atoms with Gasteiger partial charge in [-0.2, -0.15) is 17.0 Å². The molecule has 0 aromatic heterocycles. The summed E-state index contributed by atoms with van der Waals surface area (Å²) in [6, 6.07) is 1.36. The van der Waals surface area contributed by atoms with E-state index in [1.807, 2.05) is 23.9 Å². The number of nitrogens with zero attached hydrogens (tertiary/aromatic N) is 3. The van der Waals surface area contributed by atoms with Crippen LogP contribution in [0.1, 0.15) is 57.8 Å². The maximum Gasteiger partial charge on any atom is 0.323 e. The number of ether oxygens (including phenoxy) is 1. The number of likely N-dealkylation sites (N-methyl/N-ethyl adjacent to an activating group) is 1. The summed E-state index contributed by atoms with van der Waals surface area (Å²) in [5.74, 6) is 2.15. The van der Waals surface area contributed by atoms with Crippen molar-refractivity contribution in [3.63, 3.8) is 0 Å². The molecule has 0 aromatic carbocycles. The van der Waals surface area contributed by atoms with Crippen LogP contribution in [-0.4, -0.2) is 77.5 Å². The van der Waals surface area contributed by atoms with E-state index in [-0.39, 0.29) is 35.4 Å². The number of hydrogen-bond acceptors (Lipinski definition) is 7. The van der Waals surface area contributed by atoms with Gasteiger partial charge in [0, 0.05) is 6.04 Å². The molecule has 1 aliphatic heterocycles. The molecule has 182 valence electrons. The largest absolute Gasteiger partial charge is 0.458 e. The number of hydrogen-bond donors (Lipinski definition) is 1. The van der Waals surface area contributed by atoms with Gasteiger partial charge in [0.25, 0.3) is 0 Å². The lowest BCUT2D eigenvalue weighted by Crippen LogP contribution is -2.66. The van der Waals surface area contributed by atoms with Gasteiger partial charge < -0.3 is 15.4 Å². The Hall–Kier alpha value is -1.30. The number of carbonyl (C=O) groups is 2. The number of likely N-dealkylation sites (tertiary alicyclic amines) is 1. The SMILES string of the molecule is CSCC[C@@H](C(=O)OC12CC3CC(C1)CC([C@H](N)C(=O)N1[C@H](C#N)C[C@@H]4C[C@@H]41)(C3)C2)N(C)C. The number of nitrogens with two attached hydrogens (primary N) is 1. The van der Waals surface area contributed by atoms with Gasteiger partial charge in [0.05, 0.1) is 12.1 Å². The van der Waals surface area contributed by atoms with Gasteiger partial charge in [0.1, 0.15) is 17.7 Å². The first-order valence-corrected chi connectivity index (χ1v) is 14.0. The summed E-state index contributed by atoms with van der Waals surface area (Å²) in [4.78, 5) is 30.7. The van der Waals surface area contributed by atoms with Crippen LogP contribution in [0.15, 0.2) is 0 Å². The average Bonchev–Trinajstić information content (AvgIpc) is 3.41. The zero-order valence-corrected chi connectivity index (χ0v) is 21.0. The van der Waals surface area contributed by atoms with Crippen molar-refractivity contribution in [2.24, 2.45) is 28.9 Å². The molecule has 8 heteroatoms. The van der Waals surface area contributed by atoms with Crippen molar-refractivity contribution in [2.75, 3.05) is 26.1 Å². The first-order valence-electron chi connectivity index (χ1n) is 12.6. The minimum absolute atomic E-state index is 0.0406. The van der Waals surface area contributed by atoms with E-state index in [0.29, 0.717) is 24.2 Å². The number of amides is 1. The molecule has 1 heterocycles. The molecule has 6 fully saturated rings.